The standard InChI is InChI=1S/C18H17N7OS/c1-26-14-9-5-4-8-13(14)20-17-24-15(23-16(19)25-17)10-27-18-21-11-6-2-3-7-12(11)22-18/h2-9H,10H2,1H3,(H,21,22)(H3,19,20,23,24,25). The predicted octanol–water partition coefficient (Wildman–Crippen LogP) is 3.37. The molecule has 0 bridgehead atoms. The van der Waals surface area contributed by atoms with Gasteiger partial charge in [-0.15, -0.1) is 0 Å². The van der Waals surface area contributed by atoms with E-state index in [9.17, 15) is 0 Å². The van der Waals surface area contributed by atoms with Crippen molar-refractivity contribution in [3.05, 3.63) is 54.4 Å². The number of benzene rings is 2. The number of methoxy groups -OCH3 is 1. The molecule has 27 heavy (non-hydrogen) atoms. The van der Waals surface area contributed by atoms with Crippen LogP contribution in [-0.4, -0.2) is 32.0 Å². The number of nitrogens with two attached hydrogens (primary N) is 1. The Bertz CT molecular complexity index is 1050. The lowest BCUT2D eigenvalue weighted by Crippen LogP contribution is -2.07. The smallest absolute Gasteiger partial charge is 0.232 e. The van der Waals surface area contributed by atoms with E-state index in [1.54, 1.807) is 7.11 Å². The lowest BCUT2D eigenvalue weighted by atomic mass is 10.3. The Kier molecular flexibility index (Phi) is 4.75. The molecule has 0 aliphatic rings. The third-order valence-corrected chi connectivity index (χ3v) is 4.63. The van der Waals surface area contributed by atoms with E-state index in [0.29, 0.717) is 23.3 Å². The van der Waals surface area contributed by atoms with Crippen LogP contribution in [0, 0.1) is 0 Å². The van der Waals surface area contributed by atoms with Gasteiger partial charge in [-0.2, -0.15) is 15.0 Å². The molecule has 0 saturated heterocycles. The van der Waals surface area contributed by atoms with Crippen molar-refractivity contribution in [2.75, 3.05) is 18.2 Å². The van der Waals surface area contributed by atoms with E-state index in [-0.39, 0.29) is 5.95 Å². The number of ether oxygens (including phenoxy) is 1. The number of fused-ring (bicyclic) bond motifs is 1. The highest BCUT2D eigenvalue weighted by Gasteiger charge is 2.10. The zero-order valence-corrected chi connectivity index (χ0v) is 15.3. The zero-order chi connectivity index (χ0) is 18.6. The van der Waals surface area contributed by atoms with Crippen molar-refractivity contribution >= 4 is 40.4 Å². The molecule has 9 heteroatoms. The van der Waals surface area contributed by atoms with Gasteiger partial charge in [-0.25, -0.2) is 4.98 Å². The van der Waals surface area contributed by atoms with E-state index in [2.05, 4.69) is 30.2 Å². The van der Waals surface area contributed by atoms with Crippen molar-refractivity contribution in [3.63, 3.8) is 0 Å². The SMILES string of the molecule is COc1ccccc1Nc1nc(N)nc(CSc2nc3ccccc3[nH]2)n1. The molecule has 2 aromatic carbocycles. The molecule has 0 amide bonds. The monoisotopic (exact) mass is 379 g/mol. The van der Waals surface area contributed by atoms with E-state index in [1.165, 1.54) is 11.8 Å². The molecular weight excluding hydrogens is 362 g/mol. The fourth-order valence-electron chi connectivity index (χ4n) is 2.56. The first-order valence-corrected chi connectivity index (χ1v) is 9.18. The van der Waals surface area contributed by atoms with Crippen LogP contribution in [0.25, 0.3) is 11.0 Å². The summed E-state index contributed by atoms with van der Waals surface area (Å²) in [6.45, 7) is 0. The molecule has 4 N–H and O–H groups in total. The molecule has 0 atom stereocenters. The van der Waals surface area contributed by atoms with E-state index in [0.717, 1.165) is 21.9 Å². The minimum Gasteiger partial charge on any atom is -0.495 e. The van der Waals surface area contributed by atoms with Gasteiger partial charge >= 0.3 is 0 Å². The highest BCUT2D eigenvalue weighted by Crippen LogP contribution is 2.26. The van der Waals surface area contributed by atoms with Crippen LogP contribution in [0.2, 0.25) is 0 Å². The summed E-state index contributed by atoms with van der Waals surface area (Å²) < 4.78 is 5.33. The minimum atomic E-state index is 0.155. The number of hydrogen-bond donors (Lipinski definition) is 3. The average molecular weight is 379 g/mol. The number of rotatable bonds is 6. The number of aromatic amines is 1. The molecule has 0 fully saturated rings. The largest absolute Gasteiger partial charge is 0.495 e. The number of H-pyrrole nitrogens is 1. The Hall–Kier alpha value is -3.33. The van der Waals surface area contributed by atoms with Crippen molar-refractivity contribution in [3.8, 4) is 5.75 Å². The van der Waals surface area contributed by atoms with E-state index >= 15 is 0 Å². The molecule has 8 nitrogen and oxygen atoms in total. The first-order chi connectivity index (χ1) is 13.2. The summed E-state index contributed by atoms with van der Waals surface area (Å²) in [7, 11) is 1.61. The van der Waals surface area contributed by atoms with Crippen molar-refractivity contribution in [1.29, 1.82) is 0 Å². The van der Waals surface area contributed by atoms with Crippen LogP contribution in [0.5, 0.6) is 5.75 Å². The molecule has 0 aliphatic heterocycles. The highest BCUT2D eigenvalue weighted by molar-refractivity contribution is 7.98. The number of anilines is 3. The molecule has 0 aliphatic carbocycles. The molecule has 0 spiro atoms. The van der Waals surface area contributed by atoms with Crippen LogP contribution in [0.3, 0.4) is 0 Å². The summed E-state index contributed by atoms with van der Waals surface area (Å²) in [5.74, 6) is 2.28. The molecule has 0 radical (unpaired) electrons. The molecule has 4 aromatic rings. The summed E-state index contributed by atoms with van der Waals surface area (Å²) in [4.78, 5) is 20.6. The van der Waals surface area contributed by atoms with E-state index < -0.39 is 0 Å². The Morgan fingerprint density at radius 3 is 2.70 bits per heavy atom. The second-order valence-corrected chi connectivity index (χ2v) is 6.57. The van der Waals surface area contributed by atoms with Crippen LogP contribution < -0.4 is 15.8 Å². The number of hydrogen-bond acceptors (Lipinski definition) is 8. The molecule has 2 aromatic heterocycles. The number of nitrogen functional groups attached to an aromatic ring is 1. The fourth-order valence-corrected chi connectivity index (χ4v) is 3.30. The van der Waals surface area contributed by atoms with Gasteiger partial charge in [0.05, 0.1) is 29.6 Å². The topological polar surface area (TPSA) is 115 Å². The van der Waals surface area contributed by atoms with Gasteiger partial charge in [0.1, 0.15) is 11.6 Å². The second kappa shape index (κ2) is 7.50. The predicted molar refractivity (Wildman–Crippen MR) is 106 cm³/mol. The fraction of sp³-hybridized carbons (Fsp3) is 0.111. The van der Waals surface area contributed by atoms with Crippen molar-refractivity contribution < 1.29 is 4.74 Å². The van der Waals surface area contributed by atoms with Gasteiger partial charge < -0.3 is 20.8 Å². The third kappa shape index (κ3) is 3.93. The number of para-hydroxylation sites is 4. The van der Waals surface area contributed by atoms with Crippen molar-refractivity contribution in [2.24, 2.45) is 0 Å². The maximum Gasteiger partial charge on any atom is 0.232 e. The first-order valence-electron chi connectivity index (χ1n) is 8.19. The summed E-state index contributed by atoms with van der Waals surface area (Å²) in [6.07, 6.45) is 0. The van der Waals surface area contributed by atoms with Crippen LogP contribution >= 0.6 is 11.8 Å². The van der Waals surface area contributed by atoms with Crippen molar-refractivity contribution in [1.82, 2.24) is 24.9 Å². The van der Waals surface area contributed by atoms with Gasteiger partial charge in [0, 0.05) is 0 Å². The quantitative estimate of drug-likeness (QED) is 0.437. The Morgan fingerprint density at radius 2 is 1.85 bits per heavy atom. The van der Waals surface area contributed by atoms with Crippen LogP contribution in [0.15, 0.2) is 53.7 Å². The number of thioether (sulfide) groups is 1. The summed E-state index contributed by atoms with van der Waals surface area (Å²) >= 11 is 1.50. The van der Waals surface area contributed by atoms with Gasteiger partial charge in [-0.05, 0) is 24.3 Å². The Balaban J connectivity index is 1.51. The molecule has 136 valence electrons. The molecular formula is C18H17N7OS. The maximum absolute atomic E-state index is 5.85. The lowest BCUT2D eigenvalue weighted by molar-refractivity contribution is 0.417. The van der Waals surface area contributed by atoms with Gasteiger partial charge in [-0.1, -0.05) is 36.0 Å². The molecule has 0 saturated carbocycles. The number of aromatic nitrogens is 5. The van der Waals surface area contributed by atoms with Crippen LogP contribution in [0.4, 0.5) is 17.6 Å². The zero-order valence-electron chi connectivity index (χ0n) is 14.5. The Morgan fingerprint density at radius 1 is 1.04 bits per heavy atom. The lowest BCUT2D eigenvalue weighted by Gasteiger charge is -2.10. The average Bonchev–Trinajstić information content (AvgIpc) is 3.09. The molecule has 4 rings (SSSR count). The maximum atomic E-state index is 5.85. The van der Waals surface area contributed by atoms with Crippen molar-refractivity contribution in [2.45, 2.75) is 10.9 Å². The normalized spacial score (nSPS) is 10.9. The number of imidazole rings is 1. The van der Waals surface area contributed by atoms with Gasteiger partial charge in [-0.3, -0.25) is 0 Å². The summed E-state index contributed by atoms with van der Waals surface area (Å²) in [5.41, 5.74) is 8.52. The second-order valence-electron chi connectivity index (χ2n) is 5.61. The van der Waals surface area contributed by atoms with E-state index in [4.69, 9.17) is 10.5 Å². The van der Waals surface area contributed by atoms with E-state index in [1.807, 2.05) is 48.5 Å². The number of nitrogens with one attached hydrogen (secondary N) is 2. The van der Waals surface area contributed by atoms with Crippen LogP contribution in [0.1, 0.15) is 5.82 Å². The first kappa shape index (κ1) is 17.1. The summed E-state index contributed by atoms with van der Waals surface area (Å²) in [5, 5.41) is 3.92. The number of nitrogens with zero attached hydrogens (tertiary/aromatic N) is 4. The van der Waals surface area contributed by atoms with Gasteiger partial charge in [0.25, 0.3) is 0 Å². The summed E-state index contributed by atoms with van der Waals surface area (Å²) in [6, 6.07) is 15.4. The van der Waals surface area contributed by atoms with Gasteiger partial charge in [0.2, 0.25) is 11.9 Å². The Labute approximate surface area is 159 Å². The van der Waals surface area contributed by atoms with Crippen LogP contribution in [-0.2, 0) is 5.75 Å². The minimum absolute atomic E-state index is 0.155. The highest BCUT2D eigenvalue weighted by atomic mass is 32.2. The molecule has 2 heterocycles. The third-order valence-electron chi connectivity index (χ3n) is 3.76. The molecule has 0 unspecified atom stereocenters. The van der Waals surface area contributed by atoms with Gasteiger partial charge in [0.15, 0.2) is 5.16 Å².